The molecular formula is C38H44BClN14O2. The number of nitrogens with zero attached hydrogens (tertiary/aromatic N) is 14. The molecule has 0 amide bonds. The SMILES string of the molecule is CC[C@@H]1c2nncn2-c2cnc(-c3ccncc3)nc2N1C1CCCC1.CC[C@@H]1c2nncn2-c2cnc(Cl)nc2N1C1CCCC1.OB(O)c1ccncc1. The molecule has 2 saturated carbocycles. The maximum absolute atomic E-state index is 8.55. The molecule has 6 aromatic rings. The van der Waals surface area contributed by atoms with Gasteiger partial charge in [0, 0.05) is 42.4 Å². The smallest absolute Gasteiger partial charge is 0.423 e. The minimum absolute atomic E-state index is 0.202. The van der Waals surface area contributed by atoms with E-state index in [1.807, 2.05) is 27.5 Å². The molecule has 0 aromatic carbocycles. The van der Waals surface area contributed by atoms with Crippen molar-refractivity contribution in [1.29, 1.82) is 0 Å². The van der Waals surface area contributed by atoms with Crippen molar-refractivity contribution in [2.24, 2.45) is 0 Å². The normalized spacial score (nSPS) is 18.5. The van der Waals surface area contributed by atoms with Crippen LogP contribution in [-0.2, 0) is 0 Å². The number of fused-ring (bicyclic) bond motifs is 6. The monoisotopic (exact) mass is 774 g/mol. The molecule has 10 rings (SSSR count). The number of aromatic nitrogens is 12. The molecule has 2 aliphatic heterocycles. The van der Waals surface area contributed by atoms with Crippen LogP contribution in [0.15, 0.2) is 74.1 Å². The van der Waals surface area contributed by atoms with Crippen LogP contribution in [0.1, 0.15) is 102 Å². The van der Waals surface area contributed by atoms with Crippen molar-refractivity contribution >= 4 is 35.8 Å². The molecule has 2 fully saturated rings. The Morgan fingerprint density at radius 1 is 0.679 bits per heavy atom. The van der Waals surface area contributed by atoms with Gasteiger partial charge >= 0.3 is 7.12 Å². The Kier molecular flexibility index (Phi) is 11.2. The maximum atomic E-state index is 8.55. The average molecular weight is 775 g/mol. The first-order valence-electron chi connectivity index (χ1n) is 19.4. The van der Waals surface area contributed by atoms with Gasteiger partial charge in [0.25, 0.3) is 0 Å². The molecule has 288 valence electrons. The lowest BCUT2D eigenvalue weighted by molar-refractivity contribution is 0.425. The van der Waals surface area contributed by atoms with Crippen LogP contribution in [-0.4, -0.2) is 88.7 Å². The van der Waals surface area contributed by atoms with Crippen molar-refractivity contribution in [1.82, 2.24) is 59.4 Å². The lowest BCUT2D eigenvalue weighted by Crippen LogP contribution is -2.42. The number of hydrogen-bond acceptors (Lipinski definition) is 14. The number of anilines is 2. The standard InChI is InChI=1S/C19H21N7.C14H17ClN6.C5H6BNO2/c1-2-15-19-24-22-12-25(19)16-11-21-17(13-7-9-20-10-8-13)23-18(16)26(15)14-5-3-4-6-14;1-2-10-13-19-17-8-20(13)11-7-16-14(15)18-12(11)21(10)9-5-3-4-6-9;8-6(9)5-1-3-7-4-2-5/h7-12,14-15H,2-6H2,1H3;7-10H,2-6H2,1H3;1-4,8-9H/t15-;10-;/m11./s1. The van der Waals surface area contributed by atoms with Gasteiger partial charge in [-0.1, -0.05) is 39.5 Å². The van der Waals surface area contributed by atoms with Crippen molar-refractivity contribution in [2.45, 2.75) is 102 Å². The first-order chi connectivity index (χ1) is 27.5. The molecule has 0 unspecified atom stereocenters. The summed E-state index contributed by atoms with van der Waals surface area (Å²) in [5, 5.41) is 34.4. The number of pyridine rings is 2. The Hall–Kier alpha value is -5.39. The van der Waals surface area contributed by atoms with Gasteiger partial charge in [0.2, 0.25) is 5.28 Å². The van der Waals surface area contributed by atoms with Gasteiger partial charge in [-0.3, -0.25) is 19.1 Å². The summed E-state index contributed by atoms with van der Waals surface area (Å²) in [5.74, 6) is 4.62. The second kappa shape index (κ2) is 16.8. The average Bonchev–Trinajstić information content (AvgIpc) is 4.09. The van der Waals surface area contributed by atoms with Crippen LogP contribution in [0.3, 0.4) is 0 Å². The zero-order valence-corrected chi connectivity index (χ0v) is 32.2. The summed E-state index contributed by atoms with van der Waals surface area (Å²) in [7, 11) is -1.38. The second-order valence-corrected chi connectivity index (χ2v) is 14.6. The molecule has 6 aromatic heterocycles. The third-order valence-corrected chi connectivity index (χ3v) is 11.2. The van der Waals surface area contributed by atoms with E-state index in [9.17, 15) is 0 Å². The van der Waals surface area contributed by atoms with Gasteiger partial charge in [-0.25, -0.2) is 15.0 Å². The third kappa shape index (κ3) is 7.33. The number of hydrogen-bond donors (Lipinski definition) is 2. The Morgan fingerprint density at radius 2 is 1.16 bits per heavy atom. The van der Waals surface area contributed by atoms with Crippen LogP contribution in [0, 0.1) is 0 Å². The fourth-order valence-electron chi connectivity index (χ4n) is 8.44. The summed E-state index contributed by atoms with van der Waals surface area (Å²) >= 11 is 6.05. The molecule has 0 saturated heterocycles. The van der Waals surface area contributed by atoms with Gasteiger partial charge in [0.1, 0.15) is 24.0 Å². The number of rotatable bonds is 6. The van der Waals surface area contributed by atoms with Crippen molar-refractivity contribution in [3.8, 4) is 22.8 Å². The van der Waals surface area contributed by atoms with Crippen LogP contribution in [0.4, 0.5) is 11.6 Å². The molecule has 2 N–H and O–H groups in total. The van der Waals surface area contributed by atoms with Gasteiger partial charge in [-0.2, -0.15) is 4.98 Å². The topological polar surface area (TPSA) is 186 Å². The van der Waals surface area contributed by atoms with E-state index < -0.39 is 7.12 Å². The lowest BCUT2D eigenvalue weighted by atomic mass is 9.81. The summed E-state index contributed by atoms with van der Waals surface area (Å²) in [6.45, 7) is 4.39. The first-order valence-corrected chi connectivity index (χ1v) is 19.8. The second-order valence-electron chi connectivity index (χ2n) is 14.3. The van der Waals surface area contributed by atoms with Crippen molar-refractivity contribution in [3.05, 3.63) is 91.0 Å². The van der Waals surface area contributed by atoms with E-state index in [4.69, 9.17) is 26.6 Å². The number of halogens is 1. The molecule has 4 aliphatic rings. The maximum Gasteiger partial charge on any atom is 0.488 e. The summed E-state index contributed by atoms with van der Waals surface area (Å²) in [6, 6.07) is 8.41. The van der Waals surface area contributed by atoms with Crippen LogP contribution in [0.5, 0.6) is 0 Å². The molecule has 18 heteroatoms. The summed E-state index contributed by atoms with van der Waals surface area (Å²) in [5.41, 5.74) is 3.34. The quantitative estimate of drug-likeness (QED) is 0.170. The fraction of sp³-hybridized carbons (Fsp3) is 0.421. The predicted octanol–water partition coefficient (Wildman–Crippen LogP) is 5.02. The zero-order valence-electron chi connectivity index (χ0n) is 31.4. The predicted molar refractivity (Wildman–Crippen MR) is 212 cm³/mol. The Balaban J connectivity index is 0.000000131. The molecule has 2 aliphatic carbocycles. The third-order valence-electron chi connectivity index (χ3n) is 11.0. The molecular weight excluding hydrogens is 731 g/mol. The van der Waals surface area contributed by atoms with Gasteiger partial charge < -0.3 is 19.8 Å². The highest BCUT2D eigenvalue weighted by molar-refractivity contribution is 6.58. The molecule has 0 bridgehead atoms. The van der Waals surface area contributed by atoms with E-state index in [0.29, 0.717) is 22.8 Å². The van der Waals surface area contributed by atoms with Crippen LogP contribution < -0.4 is 15.3 Å². The highest BCUT2D eigenvalue weighted by atomic mass is 35.5. The van der Waals surface area contributed by atoms with Crippen molar-refractivity contribution in [3.63, 3.8) is 0 Å². The van der Waals surface area contributed by atoms with E-state index in [1.165, 1.54) is 63.8 Å². The van der Waals surface area contributed by atoms with Crippen LogP contribution in [0.2, 0.25) is 5.28 Å². The fourth-order valence-corrected chi connectivity index (χ4v) is 8.57. The minimum atomic E-state index is -1.38. The van der Waals surface area contributed by atoms with Gasteiger partial charge in [-0.15, -0.1) is 20.4 Å². The minimum Gasteiger partial charge on any atom is -0.423 e. The van der Waals surface area contributed by atoms with E-state index in [2.05, 4.69) is 69.0 Å². The molecule has 0 spiro atoms. The lowest BCUT2D eigenvalue weighted by Gasteiger charge is -2.40. The zero-order chi connectivity index (χ0) is 38.6. The molecule has 16 nitrogen and oxygen atoms in total. The first kappa shape index (κ1) is 37.5. The summed E-state index contributed by atoms with van der Waals surface area (Å²) in [6.07, 6.45) is 25.6. The van der Waals surface area contributed by atoms with Gasteiger partial charge in [0.15, 0.2) is 29.1 Å². The van der Waals surface area contributed by atoms with Crippen molar-refractivity contribution in [2.75, 3.05) is 9.80 Å². The molecule has 56 heavy (non-hydrogen) atoms. The molecule has 8 heterocycles. The largest absolute Gasteiger partial charge is 0.488 e. The van der Waals surface area contributed by atoms with Gasteiger partial charge in [-0.05, 0) is 79.9 Å². The Morgan fingerprint density at radius 3 is 1.64 bits per heavy atom. The summed E-state index contributed by atoms with van der Waals surface area (Å²) in [4.78, 5) is 31.0. The van der Waals surface area contributed by atoms with E-state index >= 15 is 0 Å². The van der Waals surface area contributed by atoms with Gasteiger partial charge in [0.05, 0.1) is 24.5 Å². The van der Waals surface area contributed by atoms with Crippen LogP contribution in [0.25, 0.3) is 22.8 Å². The van der Waals surface area contributed by atoms with E-state index in [1.54, 1.807) is 43.4 Å². The molecule has 2 atom stereocenters. The summed E-state index contributed by atoms with van der Waals surface area (Å²) < 4.78 is 4.04. The van der Waals surface area contributed by atoms with E-state index in [0.717, 1.165) is 58.9 Å². The Labute approximate surface area is 330 Å². The van der Waals surface area contributed by atoms with Crippen molar-refractivity contribution < 1.29 is 10.0 Å². The van der Waals surface area contributed by atoms with E-state index in [-0.39, 0.29) is 12.1 Å². The highest BCUT2D eigenvalue weighted by Gasteiger charge is 2.40. The highest BCUT2D eigenvalue weighted by Crippen LogP contribution is 2.44. The Bertz CT molecular complexity index is 2210. The van der Waals surface area contributed by atoms with Crippen LogP contribution >= 0.6 is 11.6 Å². The molecule has 0 radical (unpaired) electrons.